The first kappa shape index (κ1) is 25.9. The number of anilines is 1. The predicted octanol–water partition coefficient (Wildman–Crippen LogP) is 4.36. The average molecular weight is 499 g/mol. The van der Waals surface area contributed by atoms with E-state index in [0.29, 0.717) is 55.9 Å². The molecule has 2 saturated heterocycles. The Balaban J connectivity index is 1.72. The van der Waals surface area contributed by atoms with Gasteiger partial charge in [-0.25, -0.2) is 4.79 Å². The van der Waals surface area contributed by atoms with Crippen LogP contribution in [0.1, 0.15) is 41.5 Å². The minimum Gasteiger partial charge on any atom is -0.444 e. The maximum absolute atomic E-state index is 13.6. The fourth-order valence-corrected chi connectivity index (χ4v) is 4.51. The van der Waals surface area contributed by atoms with Gasteiger partial charge >= 0.3 is 6.09 Å². The summed E-state index contributed by atoms with van der Waals surface area (Å²) in [6.45, 7) is 16.1. The third-order valence-electron chi connectivity index (χ3n) is 6.10. The van der Waals surface area contributed by atoms with Gasteiger partial charge in [-0.05, 0) is 59.7 Å². The Kier molecular flexibility index (Phi) is 7.76. The van der Waals surface area contributed by atoms with E-state index in [-0.39, 0.29) is 11.4 Å². The number of rotatable bonds is 2. The number of ether oxygens (including phenoxy) is 1. The van der Waals surface area contributed by atoms with Crippen LogP contribution in [-0.2, 0) is 9.53 Å². The SMILES string of the molecule is CC(C)(C)OC(=O)N1CCN(C(C)(C)C)C[C@H]1C(=O)N1CCN(c2ccc(Cl)c(Cl)c2)CC1. The lowest BCUT2D eigenvalue weighted by atomic mass is 10.0. The first-order chi connectivity index (χ1) is 15.3. The Morgan fingerprint density at radius 2 is 1.55 bits per heavy atom. The van der Waals surface area contributed by atoms with Crippen LogP contribution in [0.2, 0.25) is 10.0 Å². The van der Waals surface area contributed by atoms with E-state index in [2.05, 4.69) is 30.6 Å². The fraction of sp³-hybridized carbons (Fsp3) is 0.667. The Hall–Kier alpha value is -1.70. The lowest BCUT2D eigenvalue weighted by Crippen LogP contribution is -2.65. The molecule has 2 aliphatic rings. The highest BCUT2D eigenvalue weighted by Crippen LogP contribution is 2.28. The summed E-state index contributed by atoms with van der Waals surface area (Å²) < 4.78 is 5.63. The summed E-state index contributed by atoms with van der Waals surface area (Å²) in [6, 6.07) is 5.02. The number of hydrogen-bond donors (Lipinski definition) is 0. The number of carbonyl (C=O) groups is 2. The van der Waals surface area contributed by atoms with E-state index in [4.69, 9.17) is 27.9 Å². The molecule has 0 N–H and O–H groups in total. The van der Waals surface area contributed by atoms with E-state index in [9.17, 15) is 9.59 Å². The van der Waals surface area contributed by atoms with Crippen molar-refractivity contribution in [3.8, 4) is 0 Å². The molecule has 0 unspecified atom stereocenters. The highest BCUT2D eigenvalue weighted by Gasteiger charge is 2.42. The van der Waals surface area contributed by atoms with Crippen molar-refractivity contribution in [2.45, 2.75) is 58.7 Å². The predicted molar refractivity (Wildman–Crippen MR) is 133 cm³/mol. The summed E-state index contributed by atoms with van der Waals surface area (Å²) in [5, 5.41) is 1.04. The minimum absolute atomic E-state index is 0.0244. The molecule has 33 heavy (non-hydrogen) atoms. The van der Waals surface area contributed by atoms with Crippen molar-refractivity contribution in [3.05, 3.63) is 28.2 Å². The molecule has 0 radical (unpaired) electrons. The zero-order chi connectivity index (χ0) is 24.6. The highest BCUT2D eigenvalue weighted by atomic mass is 35.5. The van der Waals surface area contributed by atoms with E-state index < -0.39 is 17.7 Å². The van der Waals surface area contributed by atoms with Crippen LogP contribution in [0.3, 0.4) is 0 Å². The highest BCUT2D eigenvalue weighted by molar-refractivity contribution is 6.42. The van der Waals surface area contributed by atoms with Crippen LogP contribution < -0.4 is 4.90 Å². The number of carbonyl (C=O) groups excluding carboxylic acids is 2. The number of piperazine rings is 2. The van der Waals surface area contributed by atoms with Crippen molar-refractivity contribution in [1.29, 1.82) is 0 Å². The molecule has 184 valence electrons. The maximum Gasteiger partial charge on any atom is 0.411 e. The third-order valence-corrected chi connectivity index (χ3v) is 6.84. The van der Waals surface area contributed by atoms with Crippen molar-refractivity contribution in [2.75, 3.05) is 50.7 Å². The smallest absolute Gasteiger partial charge is 0.411 e. The lowest BCUT2D eigenvalue weighted by molar-refractivity contribution is -0.140. The average Bonchev–Trinajstić information content (AvgIpc) is 2.73. The van der Waals surface area contributed by atoms with Gasteiger partial charge in [0.05, 0.1) is 10.0 Å². The Morgan fingerprint density at radius 1 is 0.909 bits per heavy atom. The number of hydrogen-bond acceptors (Lipinski definition) is 5. The molecule has 2 fully saturated rings. The van der Waals surface area contributed by atoms with Gasteiger partial charge in [-0.3, -0.25) is 14.6 Å². The Labute approximate surface area is 207 Å². The van der Waals surface area contributed by atoms with Gasteiger partial charge in [-0.1, -0.05) is 23.2 Å². The summed E-state index contributed by atoms with van der Waals surface area (Å²) in [4.78, 5) is 34.5. The number of benzene rings is 1. The van der Waals surface area contributed by atoms with Crippen LogP contribution >= 0.6 is 23.2 Å². The largest absolute Gasteiger partial charge is 0.444 e. The van der Waals surface area contributed by atoms with Gasteiger partial charge in [-0.15, -0.1) is 0 Å². The number of nitrogens with zero attached hydrogens (tertiary/aromatic N) is 4. The van der Waals surface area contributed by atoms with E-state index in [1.165, 1.54) is 0 Å². The second-order valence-electron chi connectivity index (χ2n) is 10.7. The normalized spacial score (nSPS) is 20.7. The van der Waals surface area contributed by atoms with E-state index in [1.54, 1.807) is 11.0 Å². The zero-order valence-electron chi connectivity index (χ0n) is 20.5. The quantitative estimate of drug-likeness (QED) is 0.605. The van der Waals surface area contributed by atoms with Crippen molar-refractivity contribution < 1.29 is 14.3 Å². The van der Waals surface area contributed by atoms with Gasteiger partial charge < -0.3 is 14.5 Å². The van der Waals surface area contributed by atoms with Gasteiger partial charge in [-0.2, -0.15) is 0 Å². The van der Waals surface area contributed by atoms with Gasteiger partial charge in [0.1, 0.15) is 11.6 Å². The molecule has 2 aliphatic heterocycles. The van der Waals surface area contributed by atoms with Crippen LogP contribution in [-0.4, -0.2) is 89.7 Å². The molecular weight excluding hydrogens is 463 g/mol. The van der Waals surface area contributed by atoms with E-state index in [1.807, 2.05) is 37.8 Å². The first-order valence-electron chi connectivity index (χ1n) is 11.5. The van der Waals surface area contributed by atoms with Crippen molar-refractivity contribution >= 4 is 40.9 Å². The summed E-state index contributed by atoms with van der Waals surface area (Å²) in [5.41, 5.74) is 0.283. The molecule has 0 bridgehead atoms. The van der Waals surface area contributed by atoms with E-state index >= 15 is 0 Å². The molecule has 0 spiro atoms. The molecule has 2 amide bonds. The molecule has 1 aromatic rings. The second-order valence-corrected chi connectivity index (χ2v) is 11.5. The molecule has 1 atom stereocenters. The van der Waals surface area contributed by atoms with Crippen LogP contribution in [0.25, 0.3) is 0 Å². The topological polar surface area (TPSA) is 56.3 Å². The van der Waals surface area contributed by atoms with Gasteiger partial charge in [0.15, 0.2) is 0 Å². The van der Waals surface area contributed by atoms with Gasteiger partial charge in [0.25, 0.3) is 0 Å². The molecule has 9 heteroatoms. The monoisotopic (exact) mass is 498 g/mol. The lowest BCUT2D eigenvalue weighted by Gasteiger charge is -2.47. The Bertz CT molecular complexity index is 873. The molecule has 7 nitrogen and oxygen atoms in total. The summed E-state index contributed by atoms with van der Waals surface area (Å²) in [7, 11) is 0. The Morgan fingerprint density at radius 3 is 2.09 bits per heavy atom. The third kappa shape index (κ3) is 6.46. The summed E-state index contributed by atoms with van der Waals surface area (Å²) in [5.74, 6) is -0.0244. The van der Waals surface area contributed by atoms with Crippen LogP contribution in [0.4, 0.5) is 10.5 Å². The van der Waals surface area contributed by atoms with Gasteiger partial charge in [0.2, 0.25) is 5.91 Å². The van der Waals surface area contributed by atoms with Crippen LogP contribution in [0, 0.1) is 0 Å². The zero-order valence-corrected chi connectivity index (χ0v) is 22.0. The summed E-state index contributed by atoms with van der Waals surface area (Å²) >= 11 is 12.2. The standard InChI is InChI=1S/C24H36Cl2N4O3/c1-23(2,3)29-13-14-30(22(32)33-24(4,5)6)20(16-29)21(31)28-11-9-27(10-12-28)17-7-8-18(25)19(26)15-17/h7-8,15,20H,9-14,16H2,1-6H3/t20-/m0/s1. The maximum atomic E-state index is 13.6. The number of halogens is 2. The molecule has 0 aliphatic carbocycles. The van der Waals surface area contributed by atoms with Crippen LogP contribution in [0.15, 0.2) is 18.2 Å². The molecule has 0 aromatic heterocycles. The molecule has 3 rings (SSSR count). The van der Waals surface area contributed by atoms with Crippen molar-refractivity contribution in [2.24, 2.45) is 0 Å². The minimum atomic E-state index is -0.614. The van der Waals surface area contributed by atoms with Crippen molar-refractivity contribution in [1.82, 2.24) is 14.7 Å². The van der Waals surface area contributed by atoms with Crippen LogP contribution in [0.5, 0.6) is 0 Å². The molecule has 0 saturated carbocycles. The molecule has 1 aromatic carbocycles. The van der Waals surface area contributed by atoms with E-state index in [0.717, 1.165) is 5.69 Å². The van der Waals surface area contributed by atoms with Crippen molar-refractivity contribution in [3.63, 3.8) is 0 Å². The summed E-state index contributed by atoms with van der Waals surface area (Å²) in [6.07, 6.45) is -0.427. The first-order valence-corrected chi connectivity index (χ1v) is 12.3. The second kappa shape index (κ2) is 9.88. The molecule has 2 heterocycles. The van der Waals surface area contributed by atoms with Gasteiger partial charge in [0, 0.05) is 57.0 Å². The number of amides is 2. The fourth-order valence-electron chi connectivity index (χ4n) is 4.22. The molecular formula is C24H36Cl2N4O3.